The monoisotopic (exact) mass is 368 g/mol. The molecule has 0 unspecified atom stereocenters. The summed E-state index contributed by atoms with van der Waals surface area (Å²) < 4.78 is 13.2. The highest BCUT2D eigenvalue weighted by molar-refractivity contribution is 5.94. The molecule has 142 valence electrons. The first-order valence-corrected chi connectivity index (χ1v) is 9.41. The van der Waals surface area contributed by atoms with Crippen molar-refractivity contribution in [2.24, 2.45) is 0 Å². The molecule has 1 aliphatic rings. The van der Waals surface area contributed by atoms with Crippen LogP contribution in [-0.4, -0.2) is 35.8 Å². The Bertz CT molecular complexity index is 796. The van der Waals surface area contributed by atoms with Crippen molar-refractivity contribution in [3.63, 3.8) is 0 Å². The van der Waals surface area contributed by atoms with Crippen LogP contribution in [0.4, 0.5) is 4.39 Å². The summed E-state index contributed by atoms with van der Waals surface area (Å²) in [6.45, 7) is 3.33. The van der Waals surface area contributed by atoms with Crippen LogP contribution in [0.1, 0.15) is 40.7 Å². The Morgan fingerprint density at radius 1 is 1.11 bits per heavy atom. The minimum Gasteiger partial charge on any atom is -0.349 e. The van der Waals surface area contributed by atoms with E-state index in [4.69, 9.17) is 0 Å². The molecule has 2 amide bonds. The number of piperidine rings is 1. The first-order valence-electron chi connectivity index (χ1n) is 9.41. The lowest BCUT2D eigenvalue weighted by atomic mass is 10.0. The molecule has 0 atom stereocenters. The number of hydrogen-bond donors (Lipinski definition) is 1. The van der Waals surface area contributed by atoms with Crippen molar-refractivity contribution in [2.75, 3.05) is 13.1 Å². The second-order valence-electron chi connectivity index (χ2n) is 7.12. The van der Waals surface area contributed by atoms with Gasteiger partial charge in [-0.25, -0.2) is 4.39 Å². The van der Waals surface area contributed by atoms with Gasteiger partial charge in [0.2, 0.25) is 5.91 Å². The summed E-state index contributed by atoms with van der Waals surface area (Å²) >= 11 is 0. The molecule has 1 N–H and O–H groups in total. The van der Waals surface area contributed by atoms with Gasteiger partial charge in [0.25, 0.3) is 5.91 Å². The highest BCUT2D eigenvalue weighted by atomic mass is 19.1. The molecule has 2 aromatic carbocycles. The summed E-state index contributed by atoms with van der Waals surface area (Å²) in [7, 11) is 0. The lowest BCUT2D eigenvalue weighted by Crippen LogP contribution is -2.46. The van der Waals surface area contributed by atoms with E-state index >= 15 is 0 Å². The molecule has 0 bridgehead atoms. The van der Waals surface area contributed by atoms with E-state index < -0.39 is 5.82 Å². The van der Waals surface area contributed by atoms with Crippen molar-refractivity contribution in [2.45, 2.75) is 38.6 Å². The molecule has 0 radical (unpaired) electrons. The number of carbonyl (C=O) groups is 2. The quantitative estimate of drug-likeness (QED) is 0.878. The fraction of sp³-hybridized carbons (Fsp3) is 0.364. The molecule has 2 aromatic rings. The zero-order valence-corrected chi connectivity index (χ0v) is 15.6. The lowest BCUT2D eigenvalue weighted by Gasteiger charge is -2.32. The van der Waals surface area contributed by atoms with Crippen molar-refractivity contribution in [1.29, 1.82) is 0 Å². The molecule has 0 aromatic heterocycles. The third-order valence-electron chi connectivity index (χ3n) is 5.02. The summed E-state index contributed by atoms with van der Waals surface area (Å²) in [6.07, 6.45) is 2.69. The fourth-order valence-corrected chi connectivity index (χ4v) is 3.34. The lowest BCUT2D eigenvalue weighted by molar-refractivity contribution is -0.132. The van der Waals surface area contributed by atoms with Gasteiger partial charge in [0.05, 0.1) is 0 Å². The molecular weight excluding hydrogens is 343 g/mol. The normalized spacial score (nSPS) is 14.8. The van der Waals surface area contributed by atoms with E-state index in [0.717, 1.165) is 19.3 Å². The topological polar surface area (TPSA) is 49.4 Å². The zero-order chi connectivity index (χ0) is 19.2. The maximum Gasteiger partial charge on any atom is 0.251 e. The van der Waals surface area contributed by atoms with Gasteiger partial charge in [-0.05, 0) is 49.9 Å². The minimum atomic E-state index is -0.420. The third kappa shape index (κ3) is 5.39. The second-order valence-corrected chi connectivity index (χ2v) is 7.12. The van der Waals surface area contributed by atoms with Gasteiger partial charge < -0.3 is 10.2 Å². The molecule has 0 saturated carbocycles. The number of likely N-dealkylation sites (tertiary alicyclic amines) is 1. The summed E-state index contributed by atoms with van der Waals surface area (Å²) in [4.78, 5) is 26.5. The van der Waals surface area contributed by atoms with Crippen LogP contribution in [0.3, 0.4) is 0 Å². The average molecular weight is 368 g/mol. The summed E-state index contributed by atoms with van der Waals surface area (Å²) in [5.41, 5.74) is 2.71. The smallest absolute Gasteiger partial charge is 0.251 e. The molecule has 5 heteroatoms. The molecule has 1 fully saturated rings. The zero-order valence-electron chi connectivity index (χ0n) is 15.6. The van der Waals surface area contributed by atoms with Crippen molar-refractivity contribution in [1.82, 2.24) is 10.2 Å². The van der Waals surface area contributed by atoms with E-state index in [1.54, 1.807) is 6.07 Å². The number of halogens is 1. The van der Waals surface area contributed by atoms with Crippen LogP contribution >= 0.6 is 0 Å². The van der Waals surface area contributed by atoms with Gasteiger partial charge in [0.15, 0.2) is 0 Å². The molecule has 0 spiro atoms. The second kappa shape index (κ2) is 8.80. The fourth-order valence-electron chi connectivity index (χ4n) is 3.34. The SMILES string of the molecule is Cc1ccc(CCC(=O)N2CCC(NC(=O)c3cccc(F)c3)CC2)cc1. The highest BCUT2D eigenvalue weighted by Gasteiger charge is 2.24. The standard InChI is InChI=1S/C22H25FN2O2/c1-16-5-7-17(8-6-16)9-10-21(26)25-13-11-20(12-14-25)24-22(27)18-3-2-4-19(23)15-18/h2-8,15,20H,9-14H2,1H3,(H,24,27). The van der Waals surface area contributed by atoms with Gasteiger partial charge in [-0.1, -0.05) is 35.9 Å². The third-order valence-corrected chi connectivity index (χ3v) is 5.02. The average Bonchev–Trinajstić information content (AvgIpc) is 2.68. The number of nitrogens with zero attached hydrogens (tertiary/aromatic N) is 1. The van der Waals surface area contributed by atoms with Gasteiger partial charge in [-0.3, -0.25) is 9.59 Å². The largest absolute Gasteiger partial charge is 0.349 e. The van der Waals surface area contributed by atoms with E-state index in [2.05, 4.69) is 29.6 Å². The van der Waals surface area contributed by atoms with Crippen molar-refractivity contribution < 1.29 is 14.0 Å². The van der Waals surface area contributed by atoms with Crippen LogP contribution in [0.5, 0.6) is 0 Å². The summed E-state index contributed by atoms with van der Waals surface area (Å²) in [5, 5.41) is 2.94. The maximum atomic E-state index is 13.2. The Labute approximate surface area is 159 Å². The van der Waals surface area contributed by atoms with Crippen LogP contribution in [0.15, 0.2) is 48.5 Å². The van der Waals surface area contributed by atoms with E-state index in [-0.39, 0.29) is 17.9 Å². The highest BCUT2D eigenvalue weighted by Crippen LogP contribution is 2.14. The Balaban J connectivity index is 1.43. The van der Waals surface area contributed by atoms with Gasteiger partial charge >= 0.3 is 0 Å². The number of benzene rings is 2. The first-order chi connectivity index (χ1) is 13.0. The molecule has 1 saturated heterocycles. The molecule has 1 heterocycles. The van der Waals surface area contributed by atoms with E-state index in [1.807, 2.05) is 11.8 Å². The molecule has 3 rings (SSSR count). The van der Waals surface area contributed by atoms with Crippen LogP contribution in [0, 0.1) is 12.7 Å². The molecule has 4 nitrogen and oxygen atoms in total. The number of aryl methyl sites for hydroxylation is 2. The van der Waals surface area contributed by atoms with Crippen LogP contribution in [0.25, 0.3) is 0 Å². The van der Waals surface area contributed by atoms with Crippen molar-refractivity contribution in [3.8, 4) is 0 Å². The molecule has 0 aliphatic carbocycles. The Morgan fingerprint density at radius 2 is 1.81 bits per heavy atom. The van der Waals surface area contributed by atoms with Gasteiger partial charge in [0.1, 0.15) is 5.82 Å². The molecule has 1 aliphatic heterocycles. The number of hydrogen-bond acceptors (Lipinski definition) is 2. The van der Waals surface area contributed by atoms with Crippen LogP contribution in [-0.2, 0) is 11.2 Å². The van der Waals surface area contributed by atoms with Gasteiger partial charge in [0, 0.05) is 31.1 Å². The van der Waals surface area contributed by atoms with Crippen molar-refractivity contribution >= 4 is 11.8 Å². The van der Waals surface area contributed by atoms with Crippen LogP contribution < -0.4 is 5.32 Å². The molecular formula is C22H25FN2O2. The maximum absolute atomic E-state index is 13.2. The van der Waals surface area contributed by atoms with Crippen LogP contribution in [0.2, 0.25) is 0 Å². The van der Waals surface area contributed by atoms with Gasteiger partial charge in [-0.2, -0.15) is 0 Å². The predicted octanol–water partition coefficient (Wildman–Crippen LogP) is 3.49. The summed E-state index contributed by atoms with van der Waals surface area (Å²) in [6, 6.07) is 14.0. The van der Waals surface area contributed by atoms with E-state index in [0.29, 0.717) is 25.1 Å². The number of rotatable bonds is 5. The minimum absolute atomic E-state index is 0.0157. The number of amides is 2. The number of nitrogens with one attached hydrogen (secondary N) is 1. The van der Waals surface area contributed by atoms with Gasteiger partial charge in [-0.15, -0.1) is 0 Å². The number of carbonyl (C=O) groups excluding carboxylic acids is 2. The molecule has 27 heavy (non-hydrogen) atoms. The van der Waals surface area contributed by atoms with E-state index in [1.165, 1.54) is 29.3 Å². The Hall–Kier alpha value is -2.69. The Kier molecular flexibility index (Phi) is 6.22. The predicted molar refractivity (Wildman–Crippen MR) is 103 cm³/mol. The first kappa shape index (κ1) is 19.1. The summed E-state index contributed by atoms with van der Waals surface area (Å²) in [5.74, 6) is -0.527. The Morgan fingerprint density at radius 3 is 2.48 bits per heavy atom. The van der Waals surface area contributed by atoms with E-state index in [9.17, 15) is 14.0 Å². The van der Waals surface area contributed by atoms with Crippen molar-refractivity contribution in [3.05, 3.63) is 71.0 Å².